The molecule has 0 saturated carbocycles. The summed E-state index contributed by atoms with van der Waals surface area (Å²) in [5.74, 6) is 0. The normalized spacial score (nSPS) is 10.7. The van der Waals surface area contributed by atoms with Crippen LogP contribution in [0.1, 0.15) is 5.69 Å². The fourth-order valence-electron chi connectivity index (χ4n) is 2.04. The minimum atomic E-state index is -0.335. The topological polar surface area (TPSA) is 58.6 Å². The quantitative estimate of drug-likeness (QED) is 0.706. The van der Waals surface area contributed by atoms with Gasteiger partial charge in [-0.25, -0.2) is 4.79 Å². The summed E-state index contributed by atoms with van der Waals surface area (Å²) in [7, 11) is 0. The van der Waals surface area contributed by atoms with Crippen molar-refractivity contribution in [2.45, 2.75) is 6.92 Å². The van der Waals surface area contributed by atoms with E-state index in [9.17, 15) is 4.79 Å². The van der Waals surface area contributed by atoms with Crippen molar-refractivity contribution in [1.29, 1.82) is 0 Å². The van der Waals surface area contributed by atoms with Gasteiger partial charge in [-0.3, -0.25) is 4.98 Å². The monoisotopic (exact) mass is 237 g/mol. The van der Waals surface area contributed by atoms with E-state index in [1.807, 2.05) is 37.3 Å². The van der Waals surface area contributed by atoms with Gasteiger partial charge in [-0.1, -0.05) is 24.3 Å². The van der Waals surface area contributed by atoms with E-state index in [0.29, 0.717) is 5.69 Å². The van der Waals surface area contributed by atoms with Crippen LogP contribution in [0.2, 0.25) is 0 Å². The van der Waals surface area contributed by atoms with E-state index in [4.69, 9.17) is 0 Å². The number of H-pyrrole nitrogens is 1. The third-order valence-corrected chi connectivity index (χ3v) is 2.82. The summed E-state index contributed by atoms with van der Waals surface area (Å²) < 4.78 is 0. The van der Waals surface area contributed by atoms with Crippen molar-refractivity contribution >= 4 is 10.8 Å². The van der Waals surface area contributed by atoms with E-state index in [1.165, 1.54) is 0 Å². The van der Waals surface area contributed by atoms with Crippen molar-refractivity contribution in [2.24, 2.45) is 0 Å². The molecule has 0 aliphatic heterocycles. The predicted molar refractivity (Wildman–Crippen MR) is 70.3 cm³/mol. The number of benzene rings is 1. The molecule has 0 bridgehead atoms. The molecule has 0 aliphatic rings. The van der Waals surface area contributed by atoms with Crippen LogP contribution in [0.25, 0.3) is 22.0 Å². The van der Waals surface area contributed by atoms with Gasteiger partial charge in [0.05, 0.1) is 5.69 Å². The zero-order valence-electron chi connectivity index (χ0n) is 9.84. The zero-order chi connectivity index (χ0) is 12.5. The number of hydrogen-bond donors (Lipinski definition) is 1. The number of hydrogen-bond acceptors (Lipinski definition) is 3. The molecule has 0 aliphatic carbocycles. The van der Waals surface area contributed by atoms with E-state index in [2.05, 4.69) is 15.0 Å². The summed E-state index contributed by atoms with van der Waals surface area (Å²) in [6.07, 6.45) is 3.54. The highest BCUT2D eigenvalue weighted by Gasteiger charge is 2.06. The Morgan fingerprint density at radius 3 is 2.83 bits per heavy atom. The molecule has 2 heterocycles. The van der Waals surface area contributed by atoms with Crippen LogP contribution in [0.4, 0.5) is 0 Å². The maximum atomic E-state index is 11.4. The molecule has 0 spiro atoms. The van der Waals surface area contributed by atoms with Gasteiger partial charge in [0, 0.05) is 29.0 Å². The van der Waals surface area contributed by atoms with Crippen molar-refractivity contribution in [1.82, 2.24) is 15.0 Å². The Labute approximate surface area is 103 Å². The molecule has 0 amide bonds. The van der Waals surface area contributed by atoms with Gasteiger partial charge in [-0.15, -0.1) is 0 Å². The molecule has 18 heavy (non-hydrogen) atoms. The van der Waals surface area contributed by atoms with Crippen LogP contribution in [0.3, 0.4) is 0 Å². The molecule has 3 rings (SSSR count). The van der Waals surface area contributed by atoms with Crippen molar-refractivity contribution < 1.29 is 0 Å². The highest BCUT2D eigenvalue weighted by atomic mass is 16.1. The second-order valence-corrected chi connectivity index (χ2v) is 4.16. The van der Waals surface area contributed by atoms with Crippen LogP contribution in [0.5, 0.6) is 0 Å². The van der Waals surface area contributed by atoms with E-state index >= 15 is 0 Å². The van der Waals surface area contributed by atoms with Gasteiger partial charge in [0.1, 0.15) is 0 Å². The molecule has 3 aromatic rings. The second-order valence-electron chi connectivity index (χ2n) is 4.16. The maximum Gasteiger partial charge on any atom is 0.345 e. The maximum absolute atomic E-state index is 11.4. The first kappa shape index (κ1) is 10.7. The first-order valence-electron chi connectivity index (χ1n) is 5.65. The summed E-state index contributed by atoms with van der Waals surface area (Å²) in [5, 5.41) is 2.08. The Kier molecular flexibility index (Phi) is 2.41. The summed E-state index contributed by atoms with van der Waals surface area (Å²) >= 11 is 0. The number of aryl methyl sites for hydroxylation is 1. The summed E-state index contributed by atoms with van der Waals surface area (Å²) in [6, 6.07) is 9.78. The molecule has 0 saturated heterocycles. The van der Waals surface area contributed by atoms with Gasteiger partial charge in [-0.05, 0) is 18.4 Å². The van der Waals surface area contributed by atoms with Gasteiger partial charge >= 0.3 is 5.69 Å². The van der Waals surface area contributed by atoms with Crippen molar-refractivity contribution in [2.75, 3.05) is 0 Å². The average Bonchev–Trinajstić information content (AvgIpc) is 2.37. The van der Waals surface area contributed by atoms with Gasteiger partial charge in [0.15, 0.2) is 0 Å². The Hall–Kier alpha value is -2.49. The molecule has 0 fully saturated rings. The molecule has 1 aromatic carbocycles. The lowest BCUT2D eigenvalue weighted by Crippen LogP contribution is -2.12. The van der Waals surface area contributed by atoms with Gasteiger partial charge in [-0.2, -0.15) is 4.98 Å². The van der Waals surface area contributed by atoms with Crippen LogP contribution >= 0.6 is 0 Å². The van der Waals surface area contributed by atoms with Gasteiger partial charge in [0.2, 0.25) is 0 Å². The molecule has 4 heteroatoms. The first-order valence-corrected chi connectivity index (χ1v) is 5.65. The van der Waals surface area contributed by atoms with Gasteiger partial charge in [0.25, 0.3) is 0 Å². The standard InChI is InChI=1S/C14H11N3O/c1-9-6-13(17-14(18)16-9)12-8-15-7-10-4-2-3-5-11(10)12/h2-8H,1H3,(H,16,17,18). The molecule has 0 unspecified atom stereocenters. The lowest BCUT2D eigenvalue weighted by Gasteiger charge is -2.05. The minimum Gasteiger partial charge on any atom is -0.310 e. The fourth-order valence-corrected chi connectivity index (χ4v) is 2.04. The largest absolute Gasteiger partial charge is 0.345 e. The Balaban J connectivity index is 2.34. The van der Waals surface area contributed by atoms with E-state index < -0.39 is 0 Å². The van der Waals surface area contributed by atoms with Crippen LogP contribution < -0.4 is 5.69 Å². The molecule has 1 N–H and O–H groups in total. The molecule has 0 radical (unpaired) electrons. The first-order chi connectivity index (χ1) is 8.74. The summed E-state index contributed by atoms with van der Waals surface area (Å²) in [6.45, 7) is 1.84. The minimum absolute atomic E-state index is 0.335. The number of pyridine rings is 1. The van der Waals surface area contributed by atoms with E-state index in [0.717, 1.165) is 22.0 Å². The zero-order valence-corrected chi connectivity index (χ0v) is 9.84. The number of aromatic nitrogens is 3. The number of nitrogens with zero attached hydrogens (tertiary/aromatic N) is 2. The van der Waals surface area contributed by atoms with Crippen molar-refractivity contribution in [3.63, 3.8) is 0 Å². The molecule has 4 nitrogen and oxygen atoms in total. The third-order valence-electron chi connectivity index (χ3n) is 2.82. The third kappa shape index (κ3) is 1.78. The fraction of sp³-hybridized carbons (Fsp3) is 0.0714. The van der Waals surface area contributed by atoms with Crippen LogP contribution in [-0.4, -0.2) is 15.0 Å². The van der Waals surface area contributed by atoms with Crippen LogP contribution in [-0.2, 0) is 0 Å². The Bertz CT molecular complexity index is 772. The number of rotatable bonds is 1. The SMILES string of the molecule is Cc1cc(-c2cncc3ccccc23)nc(=O)[nH]1. The van der Waals surface area contributed by atoms with Crippen LogP contribution in [0, 0.1) is 6.92 Å². The molecule has 0 atom stereocenters. The smallest absolute Gasteiger partial charge is 0.310 e. The van der Waals surface area contributed by atoms with Crippen LogP contribution in [0.15, 0.2) is 47.5 Å². The number of fused-ring (bicyclic) bond motifs is 1. The molecule has 88 valence electrons. The average molecular weight is 237 g/mol. The Morgan fingerprint density at radius 2 is 2.00 bits per heavy atom. The molecular weight excluding hydrogens is 226 g/mol. The van der Waals surface area contributed by atoms with E-state index in [1.54, 1.807) is 12.4 Å². The highest BCUT2D eigenvalue weighted by Crippen LogP contribution is 2.25. The lowest BCUT2D eigenvalue weighted by molar-refractivity contribution is 1.03. The highest BCUT2D eigenvalue weighted by molar-refractivity contribution is 5.94. The van der Waals surface area contributed by atoms with E-state index in [-0.39, 0.29) is 5.69 Å². The second kappa shape index (κ2) is 4.07. The lowest BCUT2D eigenvalue weighted by atomic mass is 10.1. The summed E-state index contributed by atoms with van der Waals surface area (Å²) in [4.78, 5) is 22.3. The number of aromatic amines is 1. The molecular formula is C14H11N3O. The van der Waals surface area contributed by atoms with Gasteiger partial charge < -0.3 is 4.98 Å². The Morgan fingerprint density at radius 1 is 1.17 bits per heavy atom. The summed E-state index contributed by atoms with van der Waals surface area (Å²) in [5.41, 5.74) is 1.98. The number of nitrogens with one attached hydrogen (secondary N) is 1. The van der Waals surface area contributed by atoms with Crippen molar-refractivity contribution in [3.05, 3.63) is 58.9 Å². The van der Waals surface area contributed by atoms with Crippen molar-refractivity contribution in [3.8, 4) is 11.3 Å². The molecule has 2 aromatic heterocycles. The predicted octanol–water partition coefficient (Wildman–Crippen LogP) is 2.29.